The van der Waals surface area contributed by atoms with Gasteiger partial charge in [0, 0.05) is 27.2 Å². The maximum atomic E-state index is 12.8. The average molecular weight is 472 g/mol. The molecule has 0 fully saturated rings. The molecule has 0 radical (unpaired) electrons. The Balaban J connectivity index is 1.43. The number of hydrogen-bond donors (Lipinski definition) is 0. The first-order valence-electron chi connectivity index (χ1n) is 11.3. The van der Waals surface area contributed by atoms with Gasteiger partial charge < -0.3 is 9.25 Å². The molecule has 0 amide bonds. The molecule has 1 heterocycles. The smallest absolute Gasteiger partial charge is 0.334 e. The zero-order chi connectivity index (χ0) is 23.9. The molecule has 0 saturated carbocycles. The van der Waals surface area contributed by atoms with Gasteiger partial charge in [0.15, 0.2) is 5.76 Å². The minimum atomic E-state index is -0.344. The van der Waals surface area contributed by atoms with Crippen molar-refractivity contribution >= 4 is 40.2 Å². The molecule has 0 aliphatic carbocycles. The normalized spacial score (nSPS) is 11.5. The van der Waals surface area contributed by atoms with Crippen LogP contribution in [-0.4, -0.2) is 17.5 Å². The first-order valence-corrected chi connectivity index (χ1v) is 12.1. The third-order valence-electron chi connectivity index (χ3n) is 5.22. The molecule has 4 rings (SSSR count). The second-order valence-electron chi connectivity index (χ2n) is 7.73. The van der Waals surface area contributed by atoms with E-state index in [2.05, 4.69) is 12.1 Å². The Morgan fingerprint density at radius 1 is 0.882 bits per heavy atom. The molecule has 0 bridgehead atoms. The van der Waals surface area contributed by atoms with E-state index in [1.54, 1.807) is 24.8 Å². The Bertz CT molecular complexity index is 1290. The molecule has 6 heteroatoms. The van der Waals surface area contributed by atoms with Gasteiger partial charge in [-0.25, -0.2) is 4.79 Å². The van der Waals surface area contributed by atoms with Gasteiger partial charge in [-0.15, -0.1) is 0 Å². The van der Waals surface area contributed by atoms with Crippen LogP contribution in [0.5, 0.6) is 0 Å². The van der Waals surface area contributed by atoms with Crippen LogP contribution in [0.25, 0.3) is 11.0 Å². The second kappa shape index (κ2) is 11.0. The summed E-state index contributed by atoms with van der Waals surface area (Å²) in [5.74, 6) is -0.141. The maximum Gasteiger partial charge on any atom is 0.334 e. The highest BCUT2D eigenvalue weighted by Gasteiger charge is 2.14. The fraction of sp³-hybridized carbons (Fsp3) is 0.179. The SMILES string of the molecule is CCC/C(=N\OC(=O)CC)c1ccc(Sc2ccc(C(=O)c3cc4ccccc4o3)cc2)cc1. The predicted molar refractivity (Wildman–Crippen MR) is 134 cm³/mol. The molecule has 4 aromatic rings. The van der Waals surface area contributed by atoms with Crippen LogP contribution < -0.4 is 0 Å². The Morgan fingerprint density at radius 3 is 2.15 bits per heavy atom. The Hall–Kier alpha value is -3.64. The number of ketones is 1. The minimum absolute atomic E-state index is 0.136. The molecule has 5 nitrogen and oxygen atoms in total. The van der Waals surface area contributed by atoms with E-state index in [1.807, 2.05) is 72.8 Å². The van der Waals surface area contributed by atoms with E-state index >= 15 is 0 Å². The van der Waals surface area contributed by atoms with E-state index in [1.165, 1.54) is 0 Å². The fourth-order valence-corrected chi connectivity index (χ4v) is 4.23. The van der Waals surface area contributed by atoms with Crippen molar-refractivity contribution in [3.05, 3.63) is 95.7 Å². The highest BCUT2D eigenvalue weighted by atomic mass is 32.2. The molecule has 0 spiro atoms. The topological polar surface area (TPSA) is 68.9 Å². The molecule has 0 unspecified atom stereocenters. The molecular formula is C28H25NO4S. The summed E-state index contributed by atoms with van der Waals surface area (Å²) >= 11 is 1.60. The summed E-state index contributed by atoms with van der Waals surface area (Å²) in [6, 6.07) is 24.9. The van der Waals surface area contributed by atoms with Crippen molar-refractivity contribution in [1.82, 2.24) is 0 Å². The van der Waals surface area contributed by atoms with Crippen LogP contribution >= 0.6 is 11.8 Å². The molecule has 0 saturated heterocycles. The molecule has 3 aromatic carbocycles. The van der Waals surface area contributed by atoms with Gasteiger partial charge in [0.1, 0.15) is 5.58 Å². The number of furan rings is 1. The van der Waals surface area contributed by atoms with E-state index in [9.17, 15) is 9.59 Å². The van der Waals surface area contributed by atoms with E-state index in [0.29, 0.717) is 23.3 Å². The van der Waals surface area contributed by atoms with E-state index in [4.69, 9.17) is 9.25 Å². The molecule has 0 atom stereocenters. The molecule has 0 aliphatic heterocycles. The van der Waals surface area contributed by atoms with Crippen LogP contribution in [0.3, 0.4) is 0 Å². The van der Waals surface area contributed by atoms with Gasteiger partial charge in [0.2, 0.25) is 5.78 Å². The van der Waals surface area contributed by atoms with E-state index in [-0.39, 0.29) is 11.8 Å². The van der Waals surface area contributed by atoms with Crippen molar-refractivity contribution in [2.75, 3.05) is 0 Å². The van der Waals surface area contributed by atoms with Gasteiger partial charge >= 0.3 is 5.97 Å². The first-order chi connectivity index (χ1) is 16.6. The number of carbonyl (C=O) groups is 2. The van der Waals surface area contributed by atoms with Crippen LogP contribution in [-0.2, 0) is 9.63 Å². The zero-order valence-electron chi connectivity index (χ0n) is 19.1. The van der Waals surface area contributed by atoms with Gasteiger partial charge in [-0.05, 0) is 60.5 Å². The number of nitrogens with zero attached hydrogens (tertiary/aromatic N) is 1. The summed E-state index contributed by atoms with van der Waals surface area (Å²) in [5.41, 5.74) is 2.98. The third-order valence-corrected chi connectivity index (χ3v) is 6.24. The Kier molecular flexibility index (Phi) is 7.60. The van der Waals surface area contributed by atoms with Gasteiger partial charge in [-0.3, -0.25) is 4.79 Å². The average Bonchev–Trinajstić information content (AvgIpc) is 3.31. The Labute approximate surface area is 202 Å². The predicted octanol–water partition coefficient (Wildman–Crippen LogP) is 7.27. The zero-order valence-corrected chi connectivity index (χ0v) is 19.9. The van der Waals surface area contributed by atoms with Crippen molar-refractivity contribution in [2.45, 2.75) is 42.9 Å². The van der Waals surface area contributed by atoms with Gasteiger partial charge in [-0.1, -0.05) is 67.5 Å². The third kappa shape index (κ3) is 5.64. The number of benzene rings is 3. The Morgan fingerprint density at radius 2 is 1.53 bits per heavy atom. The number of hydrogen-bond acceptors (Lipinski definition) is 6. The highest BCUT2D eigenvalue weighted by molar-refractivity contribution is 7.99. The molecule has 0 aliphatic rings. The van der Waals surface area contributed by atoms with E-state index < -0.39 is 0 Å². The summed E-state index contributed by atoms with van der Waals surface area (Å²) < 4.78 is 5.70. The lowest BCUT2D eigenvalue weighted by Crippen LogP contribution is -2.05. The maximum absolute atomic E-state index is 12.8. The van der Waals surface area contributed by atoms with Gasteiger partial charge in [-0.2, -0.15) is 0 Å². The minimum Gasteiger partial charge on any atom is -0.453 e. The van der Waals surface area contributed by atoms with Crippen LogP contribution in [0.4, 0.5) is 0 Å². The standard InChI is InChI=1S/C28H25NO4S/c1-3-7-24(29-33-27(30)4-2)19-10-14-22(15-11-19)34-23-16-12-20(13-17-23)28(31)26-18-21-8-5-6-9-25(21)32-26/h5-6,8-18H,3-4,7H2,1-2H3/b29-24+. The number of rotatable bonds is 9. The quantitative estimate of drug-likeness (QED) is 0.111. The lowest BCUT2D eigenvalue weighted by atomic mass is 10.1. The van der Waals surface area contributed by atoms with Gasteiger partial charge in [0.25, 0.3) is 0 Å². The van der Waals surface area contributed by atoms with Crippen LogP contribution in [0.1, 0.15) is 54.8 Å². The van der Waals surface area contributed by atoms with Crippen LogP contribution in [0.15, 0.2) is 98.2 Å². The molecule has 0 N–H and O–H groups in total. The lowest BCUT2D eigenvalue weighted by molar-refractivity contribution is -0.143. The summed E-state index contributed by atoms with van der Waals surface area (Å²) in [6.07, 6.45) is 1.92. The van der Waals surface area contributed by atoms with Crippen LogP contribution in [0, 0.1) is 0 Å². The molecule has 172 valence electrons. The summed E-state index contributed by atoms with van der Waals surface area (Å²) in [7, 11) is 0. The van der Waals surface area contributed by atoms with Crippen molar-refractivity contribution < 1.29 is 18.8 Å². The lowest BCUT2D eigenvalue weighted by Gasteiger charge is -2.07. The molecular weight excluding hydrogens is 446 g/mol. The summed E-state index contributed by atoms with van der Waals surface area (Å²) in [6.45, 7) is 3.80. The second-order valence-corrected chi connectivity index (χ2v) is 8.88. The van der Waals surface area contributed by atoms with Gasteiger partial charge in [0.05, 0.1) is 5.71 Å². The van der Waals surface area contributed by atoms with Crippen molar-refractivity contribution in [2.24, 2.45) is 5.16 Å². The molecule has 34 heavy (non-hydrogen) atoms. The van der Waals surface area contributed by atoms with Crippen molar-refractivity contribution in [3.63, 3.8) is 0 Å². The van der Waals surface area contributed by atoms with E-state index in [0.717, 1.165) is 39.3 Å². The molecule has 1 aromatic heterocycles. The number of para-hydroxylation sites is 1. The monoisotopic (exact) mass is 471 g/mol. The highest BCUT2D eigenvalue weighted by Crippen LogP contribution is 2.29. The fourth-order valence-electron chi connectivity index (χ4n) is 3.41. The first kappa shape index (κ1) is 23.5. The summed E-state index contributed by atoms with van der Waals surface area (Å²) in [5, 5.41) is 4.97. The summed E-state index contributed by atoms with van der Waals surface area (Å²) in [4.78, 5) is 31.3. The van der Waals surface area contributed by atoms with Crippen LogP contribution in [0.2, 0.25) is 0 Å². The number of fused-ring (bicyclic) bond motifs is 1. The van der Waals surface area contributed by atoms with Crippen molar-refractivity contribution in [1.29, 1.82) is 0 Å². The largest absolute Gasteiger partial charge is 0.453 e. The number of oxime groups is 1. The number of carbonyl (C=O) groups excluding carboxylic acids is 2. The van der Waals surface area contributed by atoms with Crippen molar-refractivity contribution in [3.8, 4) is 0 Å².